The zero-order chi connectivity index (χ0) is 22.6. The van der Waals surface area contributed by atoms with E-state index >= 15 is 0 Å². The zero-order valence-electron chi connectivity index (χ0n) is 15.7. The third kappa shape index (κ3) is 5.32. The van der Waals surface area contributed by atoms with Crippen molar-refractivity contribution >= 4 is 28.5 Å². The highest BCUT2D eigenvalue weighted by atomic mass is 35.5. The van der Waals surface area contributed by atoms with E-state index in [1.165, 1.54) is 29.1 Å². The van der Waals surface area contributed by atoms with E-state index in [1.54, 1.807) is 0 Å². The van der Waals surface area contributed by atoms with Gasteiger partial charge in [-0.1, -0.05) is 11.6 Å². The summed E-state index contributed by atoms with van der Waals surface area (Å²) in [6.07, 6.45) is -3.56. The van der Waals surface area contributed by atoms with Gasteiger partial charge in [-0.2, -0.15) is 5.10 Å². The molecule has 3 N–H and O–H groups in total. The number of fused-ring (bicyclic) bond motifs is 1. The number of nitrogens with one attached hydrogen (secondary N) is 1. The average Bonchev–Trinajstić information content (AvgIpc) is 3.10. The van der Waals surface area contributed by atoms with Crippen molar-refractivity contribution in [3.63, 3.8) is 0 Å². The molecule has 0 aliphatic rings. The van der Waals surface area contributed by atoms with Crippen LogP contribution in [-0.4, -0.2) is 43.9 Å². The lowest BCUT2D eigenvalue weighted by Gasteiger charge is -2.10. The number of hydrogen-bond acceptors (Lipinski definition) is 6. The predicted octanol–water partition coefficient (Wildman–Crippen LogP) is 2.71. The number of ether oxygens (including phenoxy) is 1. The molecule has 0 radical (unpaired) electrons. The van der Waals surface area contributed by atoms with Gasteiger partial charge in [0.1, 0.15) is 11.9 Å². The van der Waals surface area contributed by atoms with E-state index in [0.717, 1.165) is 23.7 Å². The van der Waals surface area contributed by atoms with Gasteiger partial charge in [0, 0.05) is 17.8 Å². The SMILES string of the molecule is O=C(/C=C\Cl)NCc1nn(-c2ccc(OC(F)(F)F)cc2)c2nccc([C@@H](O)CO)c12. The van der Waals surface area contributed by atoms with Crippen molar-refractivity contribution in [1.29, 1.82) is 0 Å². The molecule has 1 atom stereocenters. The Morgan fingerprint density at radius 1 is 1.29 bits per heavy atom. The first-order valence-corrected chi connectivity index (χ1v) is 9.23. The number of halogens is 4. The number of carbonyl (C=O) groups is 1. The molecule has 8 nitrogen and oxygen atoms in total. The van der Waals surface area contributed by atoms with Crippen LogP contribution in [0.4, 0.5) is 13.2 Å². The molecule has 164 valence electrons. The van der Waals surface area contributed by atoms with Crippen LogP contribution in [0.1, 0.15) is 17.4 Å². The normalized spacial score (nSPS) is 13.0. The summed E-state index contributed by atoms with van der Waals surface area (Å²) in [5.41, 5.74) is 2.32. The summed E-state index contributed by atoms with van der Waals surface area (Å²) >= 11 is 5.38. The maximum Gasteiger partial charge on any atom is 0.573 e. The number of aliphatic hydroxyl groups excluding tert-OH is 2. The van der Waals surface area contributed by atoms with Crippen LogP contribution in [0.25, 0.3) is 16.7 Å². The van der Waals surface area contributed by atoms with Gasteiger partial charge in [0.2, 0.25) is 5.91 Å². The number of aromatic nitrogens is 3. The fourth-order valence-corrected chi connectivity index (χ4v) is 3.01. The van der Waals surface area contributed by atoms with Gasteiger partial charge in [-0.05, 0) is 35.9 Å². The average molecular weight is 457 g/mol. The van der Waals surface area contributed by atoms with E-state index in [1.807, 2.05) is 0 Å². The molecule has 0 saturated heterocycles. The highest BCUT2D eigenvalue weighted by Gasteiger charge is 2.31. The molecule has 2 heterocycles. The van der Waals surface area contributed by atoms with Crippen molar-refractivity contribution in [2.24, 2.45) is 0 Å². The van der Waals surface area contributed by atoms with E-state index in [-0.39, 0.29) is 12.2 Å². The van der Waals surface area contributed by atoms with Gasteiger partial charge >= 0.3 is 6.36 Å². The lowest BCUT2D eigenvalue weighted by Crippen LogP contribution is -2.21. The van der Waals surface area contributed by atoms with Crippen LogP contribution in [0.5, 0.6) is 5.75 Å². The predicted molar refractivity (Wildman–Crippen MR) is 104 cm³/mol. The highest BCUT2D eigenvalue weighted by Crippen LogP contribution is 2.29. The van der Waals surface area contributed by atoms with E-state index in [2.05, 4.69) is 20.1 Å². The molecule has 2 aromatic heterocycles. The number of hydrogen-bond donors (Lipinski definition) is 3. The number of aliphatic hydroxyl groups is 2. The number of rotatable bonds is 7. The second-order valence-electron chi connectivity index (χ2n) is 6.21. The van der Waals surface area contributed by atoms with E-state index in [4.69, 9.17) is 11.6 Å². The van der Waals surface area contributed by atoms with Gasteiger partial charge in [0.25, 0.3) is 0 Å². The number of alkyl halides is 3. The fraction of sp³-hybridized carbons (Fsp3) is 0.211. The number of amides is 1. The van der Waals surface area contributed by atoms with Crippen molar-refractivity contribution in [3.8, 4) is 11.4 Å². The van der Waals surface area contributed by atoms with Crippen molar-refractivity contribution in [2.75, 3.05) is 6.61 Å². The molecule has 3 aromatic rings. The molecule has 12 heteroatoms. The molecule has 31 heavy (non-hydrogen) atoms. The Labute approximate surface area is 178 Å². The minimum absolute atomic E-state index is 0.0598. The van der Waals surface area contributed by atoms with Crippen LogP contribution in [-0.2, 0) is 11.3 Å². The fourth-order valence-electron chi connectivity index (χ4n) is 2.90. The molecule has 0 saturated carbocycles. The van der Waals surface area contributed by atoms with E-state index in [9.17, 15) is 28.2 Å². The van der Waals surface area contributed by atoms with Crippen LogP contribution < -0.4 is 10.1 Å². The Balaban J connectivity index is 2.06. The van der Waals surface area contributed by atoms with Gasteiger partial charge in [-0.15, -0.1) is 13.2 Å². The zero-order valence-corrected chi connectivity index (χ0v) is 16.4. The van der Waals surface area contributed by atoms with E-state index in [0.29, 0.717) is 22.3 Å². The van der Waals surface area contributed by atoms with Crippen molar-refractivity contribution < 1.29 is 32.9 Å². The third-order valence-electron chi connectivity index (χ3n) is 4.16. The minimum atomic E-state index is -4.82. The Morgan fingerprint density at radius 2 is 2.00 bits per heavy atom. The maximum atomic E-state index is 12.4. The van der Waals surface area contributed by atoms with Crippen LogP contribution in [0.15, 0.2) is 48.1 Å². The van der Waals surface area contributed by atoms with Crippen LogP contribution in [0.2, 0.25) is 0 Å². The molecule has 3 rings (SSSR count). The van der Waals surface area contributed by atoms with E-state index < -0.39 is 30.7 Å². The first kappa shape index (κ1) is 22.5. The summed E-state index contributed by atoms with van der Waals surface area (Å²) in [6.45, 7) is -0.621. The van der Waals surface area contributed by atoms with Crippen LogP contribution >= 0.6 is 11.6 Å². The van der Waals surface area contributed by atoms with Crippen LogP contribution in [0.3, 0.4) is 0 Å². The van der Waals surface area contributed by atoms with Gasteiger partial charge in [0.05, 0.1) is 29.9 Å². The highest BCUT2D eigenvalue weighted by molar-refractivity contribution is 6.26. The summed E-state index contributed by atoms with van der Waals surface area (Å²) in [6, 6.07) is 6.44. The monoisotopic (exact) mass is 456 g/mol. The second kappa shape index (κ2) is 9.33. The molecule has 1 amide bonds. The summed E-state index contributed by atoms with van der Waals surface area (Å²) in [7, 11) is 0. The lowest BCUT2D eigenvalue weighted by atomic mass is 10.1. The van der Waals surface area contributed by atoms with Gasteiger partial charge in [-0.25, -0.2) is 9.67 Å². The first-order chi connectivity index (χ1) is 14.7. The molecule has 0 aliphatic carbocycles. The van der Waals surface area contributed by atoms with Crippen molar-refractivity contribution in [3.05, 3.63) is 59.4 Å². The summed E-state index contributed by atoms with van der Waals surface area (Å²) in [5, 5.41) is 26.9. The molecule has 0 fully saturated rings. The summed E-state index contributed by atoms with van der Waals surface area (Å²) in [5.74, 6) is -0.892. The Hall–Kier alpha value is -3.15. The molecular weight excluding hydrogens is 441 g/mol. The summed E-state index contributed by atoms with van der Waals surface area (Å²) < 4.78 is 42.4. The molecule has 0 unspecified atom stereocenters. The van der Waals surface area contributed by atoms with Crippen molar-refractivity contribution in [2.45, 2.75) is 19.0 Å². The van der Waals surface area contributed by atoms with Gasteiger partial charge in [0.15, 0.2) is 5.65 Å². The third-order valence-corrected chi connectivity index (χ3v) is 4.29. The second-order valence-corrected chi connectivity index (χ2v) is 6.46. The number of pyridine rings is 1. The van der Waals surface area contributed by atoms with Crippen LogP contribution in [0, 0.1) is 0 Å². The number of carbonyl (C=O) groups excluding carboxylic acids is 1. The Kier molecular flexibility index (Phi) is 6.78. The molecule has 0 spiro atoms. The quantitative estimate of drug-likeness (QED) is 0.472. The lowest BCUT2D eigenvalue weighted by molar-refractivity contribution is -0.274. The summed E-state index contributed by atoms with van der Waals surface area (Å²) in [4.78, 5) is 16.0. The standard InChI is InChI=1S/C19H16ClF3N4O4/c20-7-5-16(30)25-9-14-17-13(15(29)10-28)6-8-24-18(17)27(26-14)11-1-3-12(4-2-11)31-19(21,22)23/h1-8,15,28-29H,9-10H2,(H,25,30)/b7-5-/t15-/m0/s1. The molecule has 1 aromatic carbocycles. The molecule has 0 bridgehead atoms. The maximum absolute atomic E-state index is 12.4. The minimum Gasteiger partial charge on any atom is -0.406 e. The Morgan fingerprint density at radius 3 is 2.61 bits per heavy atom. The number of nitrogens with zero attached hydrogens (tertiary/aromatic N) is 3. The Bertz CT molecular complexity index is 1100. The number of benzene rings is 1. The van der Waals surface area contributed by atoms with Crippen molar-refractivity contribution in [1.82, 2.24) is 20.1 Å². The largest absolute Gasteiger partial charge is 0.573 e. The van der Waals surface area contributed by atoms with Gasteiger partial charge < -0.3 is 20.3 Å². The van der Waals surface area contributed by atoms with Gasteiger partial charge in [-0.3, -0.25) is 4.79 Å². The molecule has 0 aliphatic heterocycles. The smallest absolute Gasteiger partial charge is 0.406 e. The first-order valence-electron chi connectivity index (χ1n) is 8.79. The topological polar surface area (TPSA) is 110 Å². The molecular formula is C19H16ClF3N4O4.